The summed E-state index contributed by atoms with van der Waals surface area (Å²) < 4.78 is 1.89. The number of nitrogens with two attached hydrogens (primary N) is 1. The van der Waals surface area contributed by atoms with Gasteiger partial charge in [0, 0.05) is 6.20 Å². The summed E-state index contributed by atoms with van der Waals surface area (Å²) in [5.74, 6) is -0.0524. The third-order valence-electron chi connectivity index (χ3n) is 2.75. The molecule has 3 aromatic rings. The van der Waals surface area contributed by atoms with Gasteiger partial charge in [0.15, 0.2) is 0 Å². The molecular formula is C13H11N5. The molecule has 3 rings (SSSR count). The summed E-state index contributed by atoms with van der Waals surface area (Å²) in [4.78, 5) is 8.46. The molecule has 2 heterocycles. The summed E-state index contributed by atoms with van der Waals surface area (Å²) in [6, 6.07) is 11.5. The third kappa shape index (κ3) is 1.53. The summed E-state index contributed by atoms with van der Waals surface area (Å²) in [5.41, 5.74) is 8.64. The fourth-order valence-corrected chi connectivity index (χ4v) is 1.95. The Balaban J connectivity index is 2.30. The first kappa shape index (κ1) is 10.5. The van der Waals surface area contributed by atoms with Crippen molar-refractivity contribution in [2.24, 2.45) is 5.73 Å². The number of nitrogens with zero attached hydrogens (tertiary/aromatic N) is 3. The molecule has 0 aliphatic rings. The zero-order valence-electron chi connectivity index (χ0n) is 9.54. The normalized spacial score (nSPS) is 10.7. The predicted molar refractivity (Wildman–Crippen MR) is 69.9 cm³/mol. The topological polar surface area (TPSA) is 80.6 Å². The number of benzene rings is 1. The number of fused-ring (bicyclic) bond motifs is 1. The lowest BCUT2D eigenvalue weighted by atomic mass is 10.2. The standard InChI is InChI=1S/C13H11N5/c14-13(15)12-11(6-3-7-16-12)18-8-17-9-4-1-2-5-10(9)18/h1-8H,(H3,14,15). The van der Waals surface area contributed by atoms with E-state index in [2.05, 4.69) is 9.97 Å². The molecule has 2 aromatic heterocycles. The molecule has 5 heteroatoms. The summed E-state index contributed by atoms with van der Waals surface area (Å²) in [5, 5.41) is 7.57. The van der Waals surface area contributed by atoms with Crippen LogP contribution >= 0.6 is 0 Å². The summed E-state index contributed by atoms with van der Waals surface area (Å²) in [7, 11) is 0. The average molecular weight is 237 g/mol. The van der Waals surface area contributed by atoms with Crippen LogP contribution in [0.25, 0.3) is 16.7 Å². The molecule has 0 spiro atoms. The zero-order chi connectivity index (χ0) is 12.5. The number of imidazole rings is 1. The van der Waals surface area contributed by atoms with E-state index in [0.717, 1.165) is 16.7 Å². The molecule has 0 aliphatic heterocycles. The van der Waals surface area contributed by atoms with Gasteiger partial charge in [-0.1, -0.05) is 12.1 Å². The van der Waals surface area contributed by atoms with Crippen molar-refractivity contribution in [2.45, 2.75) is 0 Å². The van der Waals surface area contributed by atoms with Gasteiger partial charge in [0.1, 0.15) is 17.9 Å². The first-order valence-corrected chi connectivity index (χ1v) is 5.49. The Labute approximate surface area is 103 Å². The van der Waals surface area contributed by atoms with Gasteiger partial charge in [0.2, 0.25) is 0 Å². The molecule has 18 heavy (non-hydrogen) atoms. The maximum Gasteiger partial charge on any atom is 0.143 e. The molecule has 0 saturated heterocycles. The summed E-state index contributed by atoms with van der Waals surface area (Å²) >= 11 is 0. The number of rotatable bonds is 2. The molecule has 0 aliphatic carbocycles. The van der Waals surface area contributed by atoms with Crippen molar-refractivity contribution in [1.29, 1.82) is 5.41 Å². The minimum Gasteiger partial charge on any atom is -0.382 e. The van der Waals surface area contributed by atoms with Gasteiger partial charge in [-0.15, -0.1) is 0 Å². The molecule has 88 valence electrons. The molecule has 5 nitrogen and oxygen atoms in total. The highest BCUT2D eigenvalue weighted by molar-refractivity contribution is 5.97. The summed E-state index contributed by atoms with van der Waals surface area (Å²) in [6.45, 7) is 0. The largest absolute Gasteiger partial charge is 0.382 e. The lowest BCUT2D eigenvalue weighted by Crippen LogP contribution is -2.16. The van der Waals surface area contributed by atoms with Crippen molar-refractivity contribution in [3.05, 3.63) is 54.6 Å². The Kier molecular flexibility index (Phi) is 2.30. The van der Waals surface area contributed by atoms with E-state index in [-0.39, 0.29) is 5.84 Å². The van der Waals surface area contributed by atoms with Crippen LogP contribution in [0.4, 0.5) is 0 Å². The van der Waals surface area contributed by atoms with E-state index in [1.807, 2.05) is 41.0 Å². The quantitative estimate of drug-likeness (QED) is 0.526. The summed E-state index contributed by atoms with van der Waals surface area (Å²) in [6.07, 6.45) is 3.34. The van der Waals surface area contributed by atoms with Crippen molar-refractivity contribution < 1.29 is 0 Å². The van der Waals surface area contributed by atoms with E-state index in [1.165, 1.54) is 0 Å². The Morgan fingerprint density at radius 1 is 1.11 bits per heavy atom. The number of nitrogens with one attached hydrogen (secondary N) is 1. The van der Waals surface area contributed by atoms with Crippen molar-refractivity contribution in [1.82, 2.24) is 14.5 Å². The van der Waals surface area contributed by atoms with Crippen molar-refractivity contribution >= 4 is 16.9 Å². The molecule has 3 N–H and O–H groups in total. The molecule has 0 amide bonds. The zero-order valence-corrected chi connectivity index (χ0v) is 9.54. The van der Waals surface area contributed by atoms with E-state index in [4.69, 9.17) is 11.1 Å². The van der Waals surface area contributed by atoms with E-state index < -0.39 is 0 Å². The number of hydrogen-bond acceptors (Lipinski definition) is 3. The molecule has 0 saturated carbocycles. The van der Waals surface area contributed by atoms with Gasteiger partial charge < -0.3 is 5.73 Å². The maximum atomic E-state index is 7.57. The van der Waals surface area contributed by atoms with Crippen LogP contribution in [-0.4, -0.2) is 20.4 Å². The second-order valence-corrected chi connectivity index (χ2v) is 3.89. The average Bonchev–Trinajstić information content (AvgIpc) is 2.82. The minimum absolute atomic E-state index is 0.0524. The van der Waals surface area contributed by atoms with E-state index in [9.17, 15) is 0 Å². The van der Waals surface area contributed by atoms with Crippen LogP contribution < -0.4 is 5.73 Å². The van der Waals surface area contributed by atoms with Crippen molar-refractivity contribution in [2.75, 3.05) is 0 Å². The second-order valence-electron chi connectivity index (χ2n) is 3.89. The van der Waals surface area contributed by atoms with Gasteiger partial charge in [-0.25, -0.2) is 4.98 Å². The lowest BCUT2D eigenvalue weighted by molar-refractivity contribution is 1.06. The lowest BCUT2D eigenvalue weighted by Gasteiger charge is -2.08. The highest BCUT2D eigenvalue weighted by Crippen LogP contribution is 2.19. The fraction of sp³-hybridized carbons (Fsp3) is 0. The van der Waals surface area contributed by atoms with Crippen LogP contribution in [0.15, 0.2) is 48.9 Å². The smallest absolute Gasteiger partial charge is 0.143 e. The predicted octanol–water partition coefficient (Wildman–Crippen LogP) is 1.70. The first-order chi connectivity index (χ1) is 8.77. The SMILES string of the molecule is N=C(N)c1ncccc1-n1cnc2ccccc21. The molecule has 0 radical (unpaired) electrons. The van der Waals surface area contributed by atoms with Gasteiger partial charge in [-0.05, 0) is 24.3 Å². The molecule has 0 bridgehead atoms. The minimum atomic E-state index is -0.0524. The molecule has 0 atom stereocenters. The monoisotopic (exact) mass is 237 g/mol. The third-order valence-corrected chi connectivity index (χ3v) is 2.75. The highest BCUT2D eigenvalue weighted by atomic mass is 15.1. The van der Waals surface area contributed by atoms with Crippen LogP contribution in [0, 0.1) is 5.41 Å². The molecule has 0 unspecified atom stereocenters. The van der Waals surface area contributed by atoms with Crippen LogP contribution in [0.3, 0.4) is 0 Å². The van der Waals surface area contributed by atoms with Crippen molar-refractivity contribution in [3.8, 4) is 5.69 Å². The molecule has 0 fully saturated rings. The number of aromatic nitrogens is 3. The number of para-hydroxylation sites is 2. The Morgan fingerprint density at radius 3 is 2.78 bits per heavy atom. The number of nitrogen functional groups attached to an aromatic ring is 1. The van der Waals surface area contributed by atoms with E-state index >= 15 is 0 Å². The maximum absolute atomic E-state index is 7.57. The first-order valence-electron chi connectivity index (χ1n) is 5.49. The van der Waals surface area contributed by atoms with Crippen LogP contribution in [0.5, 0.6) is 0 Å². The Bertz CT molecular complexity index is 729. The van der Waals surface area contributed by atoms with Gasteiger partial charge in [0.05, 0.1) is 16.7 Å². The molecule has 1 aromatic carbocycles. The van der Waals surface area contributed by atoms with Crippen LogP contribution in [-0.2, 0) is 0 Å². The number of hydrogen-bond donors (Lipinski definition) is 2. The van der Waals surface area contributed by atoms with Crippen LogP contribution in [0.1, 0.15) is 5.69 Å². The second kappa shape index (κ2) is 3.96. The number of amidine groups is 1. The fourth-order valence-electron chi connectivity index (χ4n) is 1.95. The van der Waals surface area contributed by atoms with Crippen molar-refractivity contribution in [3.63, 3.8) is 0 Å². The van der Waals surface area contributed by atoms with Gasteiger partial charge in [0.25, 0.3) is 0 Å². The highest BCUT2D eigenvalue weighted by Gasteiger charge is 2.10. The number of pyridine rings is 1. The van der Waals surface area contributed by atoms with Crippen LogP contribution in [0.2, 0.25) is 0 Å². The Hall–Kier alpha value is -2.69. The Morgan fingerprint density at radius 2 is 1.94 bits per heavy atom. The van der Waals surface area contributed by atoms with Gasteiger partial charge in [-0.2, -0.15) is 0 Å². The van der Waals surface area contributed by atoms with Gasteiger partial charge in [-0.3, -0.25) is 15.0 Å². The molecular weight excluding hydrogens is 226 g/mol. The van der Waals surface area contributed by atoms with E-state index in [1.54, 1.807) is 12.5 Å². The van der Waals surface area contributed by atoms with E-state index in [0.29, 0.717) is 5.69 Å². The van der Waals surface area contributed by atoms with Gasteiger partial charge >= 0.3 is 0 Å².